The third kappa shape index (κ3) is 6.09. The predicted molar refractivity (Wildman–Crippen MR) is 180 cm³/mol. The van der Waals surface area contributed by atoms with Crippen LogP contribution in [0.5, 0.6) is 0 Å². The second-order valence-electron chi connectivity index (χ2n) is 14.4. The first kappa shape index (κ1) is 29.5. The van der Waals surface area contributed by atoms with Crippen LogP contribution in [-0.4, -0.2) is 5.92 Å². The molecule has 0 aliphatic heterocycles. The van der Waals surface area contributed by atoms with Gasteiger partial charge in [0, 0.05) is 0 Å². The molecule has 0 bridgehead atoms. The number of fused-ring (bicyclic) bond motifs is 3. The molecule has 0 N–H and O–H groups in total. The van der Waals surface area contributed by atoms with Gasteiger partial charge in [-0.25, -0.2) is 0 Å². The number of allylic oxidation sites excluding steroid dienone is 4. The molecule has 4 aromatic carbocycles. The molecular weight excluding hydrogens is 600 g/mol. The van der Waals surface area contributed by atoms with Gasteiger partial charge in [0.1, 0.15) is 0 Å². The summed E-state index contributed by atoms with van der Waals surface area (Å²) in [4.78, 5) is 0. The van der Waals surface area contributed by atoms with Crippen molar-refractivity contribution in [1.29, 1.82) is 0 Å². The molecule has 0 heterocycles. The number of hydrogen-bond acceptors (Lipinski definition) is 0. The average Bonchev–Trinajstić information content (AvgIpc) is 3.60. The van der Waals surface area contributed by atoms with E-state index in [0.29, 0.717) is 3.63 Å². The molecule has 0 saturated carbocycles. The molecule has 2 heteroatoms. The van der Waals surface area contributed by atoms with E-state index in [2.05, 4.69) is 157 Å². The first-order chi connectivity index (χ1) is 20.1. The van der Waals surface area contributed by atoms with Crippen LogP contribution < -0.4 is 0 Å². The monoisotopic (exact) mass is 643 g/mol. The zero-order chi connectivity index (χ0) is 29.5. The topological polar surface area (TPSA) is 0 Å². The van der Waals surface area contributed by atoms with Gasteiger partial charge >= 0.3 is 264 Å². The summed E-state index contributed by atoms with van der Waals surface area (Å²) in [5, 5.41) is 0. The molecule has 0 spiro atoms. The molecule has 0 saturated heterocycles. The third-order valence-electron chi connectivity index (χ3n) is 9.29. The maximum absolute atomic E-state index is 2.64. The molecule has 0 unspecified atom stereocenters. The van der Waals surface area contributed by atoms with Gasteiger partial charge < -0.3 is 0 Å². The Balaban J connectivity index is 1.57. The second kappa shape index (κ2) is 11.9. The molecule has 42 heavy (non-hydrogen) atoms. The van der Waals surface area contributed by atoms with Gasteiger partial charge in [0.05, 0.1) is 0 Å². The Kier molecular flexibility index (Phi) is 8.34. The van der Waals surface area contributed by atoms with Gasteiger partial charge in [-0.2, -0.15) is 0 Å². The van der Waals surface area contributed by atoms with Crippen LogP contribution in [0.1, 0.15) is 85.0 Å². The summed E-state index contributed by atoms with van der Waals surface area (Å²) in [5.41, 5.74) is 12.6. The first-order valence-corrected chi connectivity index (χ1v) is 24.8. The zero-order valence-corrected chi connectivity index (χ0v) is 29.9. The molecule has 0 fully saturated rings. The molecule has 0 radical (unpaired) electrons. The molecule has 0 atom stereocenters. The van der Waals surface area contributed by atoms with Crippen LogP contribution in [0.3, 0.4) is 0 Å². The predicted octanol–water partition coefficient (Wildman–Crippen LogP) is 10.1. The summed E-state index contributed by atoms with van der Waals surface area (Å²) in [6, 6.07) is 40.5. The van der Waals surface area contributed by atoms with Crippen LogP contribution in [0, 0.1) is 0 Å². The molecule has 2 aliphatic carbocycles. The normalized spacial score (nSPS) is 14.7. The fourth-order valence-corrected chi connectivity index (χ4v) is 33.0. The molecule has 0 aromatic heterocycles. The van der Waals surface area contributed by atoms with Gasteiger partial charge in [-0.1, -0.05) is 0 Å². The van der Waals surface area contributed by atoms with E-state index in [9.17, 15) is 0 Å². The summed E-state index contributed by atoms with van der Waals surface area (Å²) in [5.74, 6) is -1.25. The number of benzene rings is 4. The standard InChI is InChI=1S/C21H25.C14H15Si.C5H5.Zr/c1-20(2,3)16-7-9-18-14(12-16)11-15-13-17(21(4,5)6)8-10-19(15)18;1-3-7-13(8-4-1)11-15-12-14-9-5-2-6-10-14;1-2-4-5-3-1;/h7-13H,1-6H3;1-10,15H,11-12H2;1-3H,4H2;. The van der Waals surface area contributed by atoms with E-state index >= 15 is 0 Å². The van der Waals surface area contributed by atoms with Crippen LogP contribution in [0.25, 0.3) is 11.1 Å². The molecule has 0 amide bonds. The van der Waals surface area contributed by atoms with Crippen LogP contribution in [0.2, 0.25) is 0 Å². The van der Waals surface area contributed by atoms with Gasteiger partial charge in [-0.05, 0) is 0 Å². The molecule has 4 aromatic rings. The van der Waals surface area contributed by atoms with E-state index in [1.165, 1.54) is 40.8 Å². The van der Waals surface area contributed by atoms with E-state index in [1.807, 2.05) is 3.28 Å². The second-order valence-corrected chi connectivity index (χ2v) is 31.5. The van der Waals surface area contributed by atoms with Gasteiger partial charge in [-0.15, -0.1) is 0 Å². The van der Waals surface area contributed by atoms with Crippen molar-refractivity contribution in [3.05, 3.63) is 152 Å². The van der Waals surface area contributed by atoms with Crippen LogP contribution >= 0.6 is 0 Å². The summed E-state index contributed by atoms with van der Waals surface area (Å²) in [6.07, 6.45) is 8.52. The van der Waals surface area contributed by atoms with Crippen molar-refractivity contribution < 1.29 is 20.9 Å². The van der Waals surface area contributed by atoms with E-state index in [0.717, 1.165) is 0 Å². The van der Waals surface area contributed by atoms with Crippen molar-refractivity contribution in [2.45, 2.75) is 74.5 Å². The first-order valence-electron chi connectivity index (χ1n) is 15.7. The van der Waals surface area contributed by atoms with Crippen LogP contribution in [0.4, 0.5) is 0 Å². The number of hydrogen-bond donors (Lipinski definition) is 0. The maximum atomic E-state index is 2.64. The van der Waals surface area contributed by atoms with E-state index in [4.69, 9.17) is 0 Å². The zero-order valence-electron chi connectivity index (χ0n) is 26.2. The Labute approximate surface area is 262 Å². The Hall–Kier alpha value is -2.54. The summed E-state index contributed by atoms with van der Waals surface area (Å²) in [7, 11) is 0. The Morgan fingerprint density at radius 1 is 0.643 bits per heavy atom. The van der Waals surface area contributed by atoms with Crippen molar-refractivity contribution in [2.24, 2.45) is 0 Å². The van der Waals surface area contributed by atoms with Crippen molar-refractivity contribution in [3.63, 3.8) is 0 Å². The van der Waals surface area contributed by atoms with Gasteiger partial charge in [-0.3, -0.25) is 0 Å². The van der Waals surface area contributed by atoms with Crippen LogP contribution in [0.15, 0.2) is 119 Å². The molecule has 0 nitrogen and oxygen atoms in total. The van der Waals surface area contributed by atoms with E-state index < -0.39 is 26.8 Å². The minimum absolute atomic E-state index is 0.132. The fraction of sp³-hybridized carbons (Fsp3) is 0.300. The fourth-order valence-electron chi connectivity index (χ4n) is 6.96. The van der Waals surface area contributed by atoms with E-state index in [-0.39, 0.29) is 10.8 Å². The molecule has 6 rings (SSSR count). The average molecular weight is 645 g/mol. The van der Waals surface area contributed by atoms with Crippen molar-refractivity contribution >= 4 is 5.92 Å². The molecule has 213 valence electrons. The Morgan fingerprint density at radius 3 is 1.52 bits per heavy atom. The minimum atomic E-state index is -2.32. The number of rotatable bonds is 7. The molecule has 2 aliphatic rings. The van der Waals surface area contributed by atoms with Crippen molar-refractivity contribution in [1.82, 2.24) is 0 Å². The SMILES string of the molecule is CC(C)(C)c1ccc2c(c1)[CH]([Zr]([C]1=CC=CC1)[SiH](Cc1ccccc1)Cc1ccccc1)c1cc(C(C)(C)C)ccc1-2. The Bertz CT molecular complexity index is 1510. The van der Waals surface area contributed by atoms with E-state index in [1.54, 1.807) is 22.3 Å². The summed E-state index contributed by atoms with van der Waals surface area (Å²) < 4.78 is 2.42. The summed E-state index contributed by atoms with van der Waals surface area (Å²) in [6.45, 7) is 14.2. The summed E-state index contributed by atoms with van der Waals surface area (Å²) >= 11 is -2.32. The third-order valence-corrected chi connectivity index (χ3v) is 31.6. The van der Waals surface area contributed by atoms with Gasteiger partial charge in [0.2, 0.25) is 0 Å². The quantitative estimate of drug-likeness (QED) is 0.176. The van der Waals surface area contributed by atoms with Crippen molar-refractivity contribution in [3.8, 4) is 11.1 Å². The van der Waals surface area contributed by atoms with Gasteiger partial charge in [0.15, 0.2) is 0 Å². The van der Waals surface area contributed by atoms with Gasteiger partial charge in [0.25, 0.3) is 0 Å². The van der Waals surface area contributed by atoms with Crippen LogP contribution in [-0.2, 0) is 43.8 Å². The molecular formula is C40H45SiZr. The Morgan fingerprint density at radius 2 is 1.12 bits per heavy atom. The van der Waals surface area contributed by atoms with Crippen molar-refractivity contribution in [2.75, 3.05) is 0 Å².